The van der Waals surface area contributed by atoms with Crippen molar-refractivity contribution >= 4 is 31.9 Å². The van der Waals surface area contributed by atoms with Crippen LogP contribution in [0.2, 0.25) is 0 Å². The lowest BCUT2D eigenvalue weighted by molar-refractivity contribution is 0.296. The molecule has 19 heavy (non-hydrogen) atoms. The SMILES string of the molecule is C[C@@H](N)c1ccc(Br)cc1OCc1ccc(Br)cn1. The molecule has 2 N–H and O–H groups in total. The summed E-state index contributed by atoms with van der Waals surface area (Å²) in [5.41, 5.74) is 7.80. The third-order valence-electron chi connectivity index (χ3n) is 2.63. The molecular formula is C14H14Br2N2O. The van der Waals surface area contributed by atoms with Gasteiger partial charge in [0, 0.05) is 26.7 Å². The lowest BCUT2D eigenvalue weighted by Crippen LogP contribution is -2.08. The van der Waals surface area contributed by atoms with Crippen molar-refractivity contribution < 1.29 is 4.74 Å². The first-order valence-electron chi connectivity index (χ1n) is 5.84. The number of benzene rings is 1. The summed E-state index contributed by atoms with van der Waals surface area (Å²) in [6.07, 6.45) is 1.76. The molecule has 3 nitrogen and oxygen atoms in total. The Morgan fingerprint density at radius 1 is 1.21 bits per heavy atom. The summed E-state index contributed by atoms with van der Waals surface area (Å²) in [7, 11) is 0. The number of ether oxygens (including phenoxy) is 1. The zero-order valence-corrected chi connectivity index (χ0v) is 13.6. The van der Waals surface area contributed by atoms with E-state index in [1.54, 1.807) is 6.20 Å². The minimum Gasteiger partial charge on any atom is -0.487 e. The summed E-state index contributed by atoms with van der Waals surface area (Å²) >= 11 is 6.79. The first kappa shape index (κ1) is 14.5. The van der Waals surface area contributed by atoms with Crippen LogP contribution in [0.5, 0.6) is 5.75 Å². The molecule has 0 amide bonds. The summed E-state index contributed by atoms with van der Waals surface area (Å²) in [6, 6.07) is 9.66. The summed E-state index contributed by atoms with van der Waals surface area (Å²) in [5, 5.41) is 0. The van der Waals surface area contributed by atoms with E-state index >= 15 is 0 Å². The summed E-state index contributed by atoms with van der Waals surface area (Å²) in [5.74, 6) is 0.786. The van der Waals surface area contributed by atoms with Crippen LogP contribution in [0.15, 0.2) is 45.5 Å². The highest BCUT2D eigenvalue weighted by Gasteiger charge is 2.09. The standard InChI is InChI=1S/C14H14Br2N2O/c1-9(17)13-5-3-10(15)6-14(13)19-8-12-4-2-11(16)7-18-12/h2-7,9H,8,17H2,1H3/t9-/m1/s1. The van der Waals surface area contributed by atoms with Gasteiger partial charge in [-0.25, -0.2) is 0 Å². The molecule has 100 valence electrons. The topological polar surface area (TPSA) is 48.1 Å². The minimum atomic E-state index is -0.0685. The molecule has 0 spiro atoms. The van der Waals surface area contributed by atoms with Crippen molar-refractivity contribution in [1.82, 2.24) is 4.98 Å². The van der Waals surface area contributed by atoms with E-state index in [1.807, 2.05) is 37.3 Å². The molecule has 0 saturated carbocycles. The van der Waals surface area contributed by atoms with Gasteiger partial charge in [0.2, 0.25) is 0 Å². The molecule has 0 aliphatic carbocycles. The van der Waals surface area contributed by atoms with Gasteiger partial charge in [0.15, 0.2) is 0 Å². The number of hydrogen-bond acceptors (Lipinski definition) is 3. The van der Waals surface area contributed by atoms with Crippen LogP contribution in [-0.2, 0) is 6.61 Å². The van der Waals surface area contributed by atoms with Gasteiger partial charge in [0.1, 0.15) is 12.4 Å². The second kappa shape index (κ2) is 6.50. The van der Waals surface area contributed by atoms with Crippen LogP contribution in [0.25, 0.3) is 0 Å². The maximum Gasteiger partial charge on any atom is 0.130 e. The number of nitrogens with zero attached hydrogens (tertiary/aromatic N) is 1. The van der Waals surface area contributed by atoms with Gasteiger partial charge in [0.25, 0.3) is 0 Å². The Morgan fingerprint density at radius 2 is 1.95 bits per heavy atom. The Morgan fingerprint density at radius 3 is 2.58 bits per heavy atom. The first-order valence-corrected chi connectivity index (χ1v) is 7.43. The van der Waals surface area contributed by atoms with Gasteiger partial charge in [-0.2, -0.15) is 0 Å². The largest absolute Gasteiger partial charge is 0.487 e. The van der Waals surface area contributed by atoms with Gasteiger partial charge in [-0.1, -0.05) is 22.0 Å². The molecule has 0 fully saturated rings. The molecule has 1 aromatic heterocycles. The monoisotopic (exact) mass is 384 g/mol. The average Bonchev–Trinajstić information content (AvgIpc) is 2.38. The van der Waals surface area contributed by atoms with E-state index in [4.69, 9.17) is 10.5 Å². The number of pyridine rings is 1. The molecule has 5 heteroatoms. The van der Waals surface area contributed by atoms with Crippen LogP contribution in [0.3, 0.4) is 0 Å². The smallest absolute Gasteiger partial charge is 0.130 e. The van der Waals surface area contributed by atoms with Crippen molar-refractivity contribution in [3.63, 3.8) is 0 Å². The highest BCUT2D eigenvalue weighted by Crippen LogP contribution is 2.28. The molecule has 0 unspecified atom stereocenters. The molecule has 0 bridgehead atoms. The zero-order valence-electron chi connectivity index (χ0n) is 10.4. The van der Waals surface area contributed by atoms with Gasteiger partial charge in [-0.15, -0.1) is 0 Å². The van der Waals surface area contributed by atoms with Crippen LogP contribution in [-0.4, -0.2) is 4.98 Å². The molecular weight excluding hydrogens is 372 g/mol. The summed E-state index contributed by atoms with van der Waals surface area (Å²) in [6.45, 7) is 2.36. The Labute approximate surface area is 129 Å². The first-order chi connectivity index (χ1) is 9.06. The van der Waals surface area contributed by atoms with Gasteiger partial charge in [-0.05, 0) is 47.1 Å². The number of nitrogens with two attached hydrogens (primary N) is 1. The average molecular weight is 386 g/mol. The number of aromatic nitrogens is 1. The van der Waals surface area contributed by atoms with Crippen LogP contribution >= 0.6 is 31.9 Å². The maximum atomic E-state index is 5.94. The van der Waals surface area contributed by atoms with Crippen LogP contribution < -0.4 is 10.5 Å². The Hall–Kier alpha value is -0.910. The van der Waals surface area contributed by atoms with E-state index < -0.39 is 0 Å². The second-order valence-corrected chi connectivity index (χ2v) is 6.06. The van der Waals surface area contributed by atoms with Gasteiger partial charge in [-0.3, -0.25) is 4.98 Å². The molecule has 1 aromatic carbocycles. The lowest BCUT2D eigenvalue weighted by atomic mass is 10.1. The van der Waals surface area contributed by atoms with E-state index in [9.17, 15) is 0 Å². The molecule has 0 aliphatic rings. The van der Waals surface area contributed by atoms with Crippen molar-refractivity contribution in [2.45, 2.75) is 19.6 Å². The Balaban J connectivity index is 2.14. The lowest BCUT2D eigenvalue weighted by Gasteiger charge is -2.14. The van der Waals surface area contributed by atoms with Crippen molar-refractivity contribution in [3.05, 3.63) is 56.7 Å². The van der Waals surface area contributed by atoms with Crippen LogP contribution in [0.1, 0.15) is 24.2 Å². The van der Waals surface area contributed by atoms with Crippen molar-refractivity contribution in [2.75, 3.05) is 0 Å². The highest BCUT2D eigenvalue weighted by molar-refractivity contribution is 9.10. The molecule has 2 rings (SSSR count). The van der Waals surface area contributed by atoms with Gasteiger partial charge < -0.3 is 10.5 Å². The van der Waals surface area contributed by atoms with E-state index in [1.165, 1.54) is 0 Å². The normalized spacial score (nSPS) is 12.2. The fourth-order valence-corrected chi connectivity index (χ4v) is 2.23. The third kappa shape index (κ3) is 4.03. The molecule has 1 heterocycles. The zero-order chi connectivity index (χ0) is 13.8. The van der Waals surface area contributed by atoms with Crippen molar-refractivity contribution in [1.29, 1.82) is 0 Å². The minimum absolute atomic E-state index is 0.0685. The number of rotatable bonds is 4. The highest BCUT2D eigenvalue weighted by atomic mass is 79.9. The molecule has 0 radical (unpaired) electrons. The fraction of sp³-hybridized carbons (Fsp3) is 0.214. The maximum absolute atomic E-state index is 5.94. The molecule has 0 saturated heterocycles. The van der Waals surface area contributed by atoms with Crippen LogP contribution in [0.4, 0.5) is 0 Å². The van der Waals surface area contributed by atoms with Crippen molar-refractivity contribution in [2.24, 2.45) is 5.73 Å². The summed E-state index contributed by atoms with van der Waals surface area (Å²) < 4.78 is 7.74. The molecule has 2 aromatic rings. The van der Waals surface area contributed by atoms with E-state index in [2.05, 4.69) is 36.8 Å². The van der Waals surface area contributed by atoms with E-state index in [-0.39, 0.29) is 6.04 Å². The Kier molecular flexibility index (Phi) is 4.96. The number of halogens is 2. The van der Waals surface area contributed by atoms with Gasteiger partial charge >= 0.3 is 0 Å². The predicted octanol–water partition coefficient (Wildman–Crippen LogP) is 4.21. The third-order valence-corrected chi connectivity index (χ3v) is 3.59. The molecule has 0 aliphatic heterocycles. The quantitative estimate of drug-likeness (QED) is 0.857. The fourth-order valence-electron chi connectivity index (χ4n) is 1.65. The predicted molar refractivity (Wildman–Crippen MR) is 83.0 cm³/mol. The second-order valence-electron chi connectivity index (χ2n) is 4.23. The van der Waals surface area contributed by atoms with Crippen LogP contribution in [0, 0.1) is 0 Å². The van der Waals surface area contributed by atoms with Gasteiger partial charge in [0.05, 0.1) is 5.69 Å². The van der Waals surface area contributed by atoms with Crippen molar-refractivity contribution in [3.8, 4) is 5.75 Å². The van der Waals surface area contributed by atoms with E-state index in [0.29, 0.717) is 6.61 Å². The van der Waals surface area contributed by atoms with E-state index in [0.717, 1.165) is 26.0 Å². The Bertz CT molecular complexity index is 556. The molecule has 1 atom stereocenters. The summed E-state index contributed by atoms with van der Waals surface area (Å²) in [4.78, 5) is 4.28. The number of hydrogen-bond donors (Lipinski definition) is 1.